The topological polar surface area (TPSA) is 26.3 Å². The second-order valence-corrected chi connectivity index (χ2v) is 19.4. The van der Waals surface area contributed by atoms with Crippen molar-refractivity contribution in [3.63, 3.8) is 0 Å². The van der Waals surface area contributed by atoms with Gasteiger partial charge in [-0.25, -0.2) is 4.79 Å². The summed E-state index contributed by atoms with van der Waals surface area (Å²) in [6.07, 6.45) is 1.80. The quantitative estimate of drug-likeness (QED) is 0.330. The van der Waals surface area contributed by atoms with E-state index < -0.39 is 16.1 Å². The van der Waals surface area contributed by atoms with E-state index in [1.807, 2.05) is 0 Å². The Morgan fingerprint density at radius 2 is 1.75 bits per heavy atom. The molecule has 0 radical (unpaired) electrons. The molecule has 0 saturated carbocycles. The highest BCUT2D eigenvalue weighted by Gasteiger charge is 2.43. The van der Waals surface area contributed by atoms with Crippen LogP contribution in [0.4, 0.5) is 0 Å². The SMILES string of the molecule is C[Si](C)(C)C1=CC(=O)O[C@@H]1[C@H](I)[Si](C)(C)C. The van der Waals surface area contributed by atoms with Crippen LogP contribution >= 0.6 is 22.6 Å². The van der Waals surface area contributed by atoms with E-state index in [2.05, 4.69) is 61.9 Å². The van der Waals surface area contributed by atoms with Crippen LogP contribution in [0.5, 0.6) is 0 Å². The molecule has 0 aromatic rings. The first-order valence-corrected chi connectivity index (χ1v) is 13.9. The van der Waals surface area contributed by atoms with Crippen molar-refractivity contribution in [3.8, 4) is 0 Å². The zero-order valence-electron chi connectivity index (χ0n) is 10.9. The van der Waals surface area contributed by atoms with Gasteiger partial charge < -0.3 is 4.74 Å². The molecule has 0 saturated heterocycles. The minimum absolute atomic E-state index is 0.0476. The molecular formula is C11H21IO2Si2. The normalized spacial score (nSPS) is 24.1. The summed E-state index contributed by atoms with van der Waals surface area (Å²) in [6.45, 7) is 13.8. The van der Waals surface area contributed by atoms with Gasteiger partial charge in [-0.05, 0) is 5.20 Å². The molecule has 2 nitrogen and oxygen atoms in total. The number of hydrogen-bond acceptors (Lipinski definition) is 2. The van der Waals surface area contributed by atoms with Crippen LogP contribution in [0.15, 0.2) is 11.3 Å². The lowest BCUT2D eigenvalue weighted by Gasteiger charge is -2.33. The lowest BCUT2D eigenvalue weighted by molar-refractivity contribution is -0.138. The molecule has 0 unspecified atom stereocenters. The van der Waals surface area contributed by atoms with Gasteiger partial charge in [-0.2, -0.15) is 0 Å². The Morgan fingerprint density at radius 3 is 2.12 bits per heavy atom. The van der Waals surface area contributed by atoms with Gasteiger partial charge in [0.25, 0.3) is 0 Å². The van der Waals surface area contributed by atoms with E-state index in [0.717, 1.165) is 0 Å². The van der Waals surface area contributed by atoms with E-state index in [0.29, 0.717) is 3.55 Å². The molecule has 0 aromatic heterocycles. The van der Waals surface area contributed by atoms with Crippen LogP contribution in [0.25, 0.3) is 0 Å². The van der Waals surface area contributed by atoms with Crippen molar-refractivity contribution in [1.29, 1.82) is 0 Å². The lowest BCUT2D eigenvalue weighted by Crippen LogP contribution is -2.46. The largest absolute Gasteiger partial charge is 0.454 e. The first-order valence-electron chi connectivity index (χ1n) is 5.60. The summed E-state index contributed by atoms with van der Waals surface area (Å²) in [5.74, 6) is -0.137. The molecule has 1 heterocycles. The van der Waals surface area contributed by atoms with Gasteiger partial charge in [0.1, 0.15) is 6.10 Å². The Hall–Kier alpha value is 0.374. The van der Waals surface area contributed by atoms with Gasteiger partial charge in [0.15, 0.2) is 0 Å². The maximum absolute atomic E-state index is 11.5. The molecule has 16 heavy (non-hydrogen) atoms. The van der Waals surface area contributed by atoms with Crippen molar-refractivity contribution in [2.24, 2.45) is 0 Å². The maximum Gasteiger partial charge on any atom is 0.331 e. The van der Waals surface area contributed by atoms with Crippen LogP contribution in [0.3, 0.4) is 0 Å². The summed E-state index contributed by atoms with van der Waals surface area (Å²) in [7, 11) is -2.72. The fourth-order valence-corrected chi connectivity index (χ4v) is 5.57. The number of cyclic esters (lactones) is 1. The molecule has 1 aliphatic rings. The Labute approximate surface area is 114 Å². The molecule has 92 valence electrons. The molecule has 1 aliphatic heterocycles. The van der Waals surface area contributed by atoms with Crippen molar-refractivity contribution in [1.82, 2.24) is 0 Å². The molecule has 0 amide bonds. The molecule has 0 fully saturated rings. The summed E-state index contributed by atoms with van der Waals surface area (Å²) in [5.41, 5.74) is 0. The van der Waals surface area contributed by atoms with Crippen LogP contribution in [0.2, 0.25) is 39.3 Å². The summed E-state index contributed by atoms with van der Waals surface area (Å²) < 4.78 is 5.99. The maximum atomic E-state index is 11.5. The second kappa shape index (κ2) is 4.57. The van der Waals surface area contributed by atoms with E-state index >= 15 is 0 Å². The smallest absolute Gasteiger partial charge is 0.331 e. The summed E-state index contributed by atoms with van der Waals surface area (Å²) in [6, 6.07) is 0. The predicted octanol–water partition coefficient (Wildman–Crippen LogP) is 3.40. The van der Waals surface area contributed by atoms with E-state index in [-0.39, 0.29) is 12.1 Å². The monoisotopic (exact) mass is 368 g/mol. The van der Waals surface area contributed by atoms with Gasteiger partial charge >= 0.3 is 5.97 Å². The number of alkyl halides is 1. The highest BCUT2D eigenvalue weighted by atomic mass is 127. The highest BCUT2D eigenvalue weighted by Crippen LogP contribution is 2.34. The molecule has 0 bridgehead atoms. The number of carbonyl (C=O) groups excluding carboxylic acids is 1. The van der Waals surface area contributed by atoms with Gasteiger partial charge in [0.05, 0.1) is 16.1 Å². The van der Waals surface area contributed by atoms with Crippen LogP contribution in [0.1, 0.15) is 0 Å². The van der Waals surface area contributed by atoms with Crippen molar-refractivity contribution in [2.75, 3.05) is 0 Å². The summed E-state index contributed by atoms with van der Waals surface area (Å²) >= 11 is 2.48. The van der Waals surface area contributed by atoms with Gasteiger partial charge in [0, 0.05) is 9.62 Å². The predicted molar refractivity (Wildman–Crippen MR) is 82.5 cm³/mol. The number of ether oxygens (including phenoxy) is 1. The van der Waals surface area contributed by atoms with Gasteiger partial charge in [-0.1, -0.05) is 61.9 Å². The second-order valence-electron chi connectivity index (χ2n) is 6.47. The first kappa shape index (κ1) is 14.4. The molecular weight excluding hydrogens is 347 g/mol. The van der Waals surface area contributed by atoms with Crippen LogP contribution in [-0.2, 0) is 9.53 Å². The van der Waals surface area contributed by atoms with Crippen molar-refractivity contribution >= 4 is 44.7 Å². The fraction of sp³-hybridized carbons (Fsp3) is 0.727. The molecule has 2 atom stereocenters. The number of carbonyl (C=O) groups is 1. The minimum Gasteiger partial charge on any atom is -0.454 e. The minimum atomic E-state index is -1.44. The molecule has 0 spiro atoms. The molecule has 5 heteroatoms. The van der Waals surface area contributed by atoms with Crippen LogP contribution in [-0.4, -0.2) is 31.8 Å². The van der Waals surface area contributed by atoms with E-state index in [1.54, 1.807) is 6.08 Å². The van der Waals surface area contributed by atoms with E-state index in [1.165, 1.54) is 5.20 Å². The third-order valence-electron chi connectivity index (χ3n) is 2.78. The third kappa shape index (κ3) is 3.19. The summed E-state index contributed by atoms with van der Waals surface area (Å²) in [4.78, 5) is 11.5. The standard InChI is InChI=1S/C11H21IO2Si2/c1-15(2,3)8-7-9(13)14-10(8)11(12)16(4,5)6/h7,10-11H,1-6H3/t10-,11+/m0/s1. The molecule has 1 rings (SSSR count). The Morgan fingerprint density at radius 1 is 1.25 bits per heavy atom. The van der Waals surface area contributed by atoms with Crippen molar-refractivity contribution in [2.45, 2.75) is 48.9 Å². The number of hydrogen-bond donors (Lipinski definition) is 0. The van der Waals surface area contributed by atoms with E-state index in [9.17, 15) is 4.79 Å². The van der Waals surface area contributed by atoms with Crippen molar-refractivity contribution < 1.29 is 9.53 Å². The Balaban J connectivity index is 3.00. The lowest BCUT2D eigenvalue weighted by atomic mass is 10.4. The van der Waals surface area contributed by atoms with Crippen LogP contribution in [0, 0.1) is 0 Å². The zero-order valence-corrected chi connectivity index (χ0v) is 15.1. The Kier molecular flexibility index (Phi) is 4.12. The van der Waals surface area contributed by atoms with Gasteiger partial charge in [0.2, 0.25) is 0 Å². The molecule has 0 N–H and O–H groups in total. The highest BCUT2D eigenvalue weighted by molar-refractivity contribution is 14.1. The number of halogens is 1. The van der Waals surface area contributed by atoms with Crippen molar-refractivity contribution in [3.05, 3.63) is 11.3 Å². The Bertz CT molecular complexity index is 326. The summed E-state index contributed by atoms with van der Waals surface area (Å²) in [5, 5.41) is 1.29. The average molecular weight is 368 g/mol. The zero-order chi connectivity index (χ0) is 12.7. The third-order valence-corrected chi connectivity index (χ3v) is 13.2. The van der Waals surface area contributed by atoms with Crippen LogP contribution < -0.4 is 0 Å². The first-order chi connectivity index (χ1) is 7.03. The molecule has 0 aliphatic carbocycles. The van der Waals surface area contributed by atoms with Gasteiger partial charge in [-0.15, -0.1) is 0 Å². The molecule has 0 aromatic carbocycles. The number of rotatable bonds is 3. The van der Waals surface area contributed by atoms with E-state index in [4.69, 9.17) is 4.74 Å². The average Bonchev–Trinajstić information content (AvgIpc) is 2.43. The fourth-order valence-electron chi connectivity index (χ4n) is 1.75. The van der Waals surface area contributed by atoms with Gasteiger partial charge in [-0.3, -0.25) is 0 Å². The number of esters is 1.